The lowest BCUT2D eigenvalue weighted by atomic mass is 9.96. The summed E-state index contributed by atoms with van der Waals surface area (Å²) >= 11 is 1.03. The summed E-state index contributed by atoms with van der Waals surface area (Å²) in [6.45, 7) is 0.915. The highest BCUT2D eigenvalue weighted by molar-refractivity contribution is 7.14. The van der Waals surface area contributed by atoms with Crippen molar-refractivity contribution in [2.45, 2.75) is 37.3 Å². The maximum absolute atomic E-state index is 14.3. The van der Waals surface area contributed by atoms with Crippen molar-refractivity contribution in [2.24, 2.45) is 0 Å². The number of pyridine rings is 1. The Bertz CT molecular complexity index is 2270. The van der Waals surface area contributed by atoms with Crippen LogP contribution in [0.15, 0.2) is 77.7 Å². The number of ether oxygens (including phenoxy) is 1. The Morgan fingerprint density at radius 3 is 2.38 bits per heavy atom. The minimum Gasteiger partial charge on any atom is -0.502 e. The van der Waals surface area contributed by atoms with Crippen molar-refractivity contribution >= 4 is 23.3 Å². The Balaban J connectivity index is 1.02. The number of halogens is 2. The van der Waals surface area contributed by atoms with E-state index in [1.807, 2.05) is 29.3 Å². The van der Waals surface area contributed by atoms with E-state index in [9.17, 15) is 28.3 Å². The van der Waals surface area contributed by atoms with Crippen molar-refractivity contribution in [1.29, 1.82) is 0 Å². The van der Waals surface area contributed by atoms with Crippen LogP contribution in [0, 0.1) is 11.6 Å². The van der Waals surface area contributed by atoms with Gasteiger partial charge in [0.05, 0.1) is 5.56 Å². The van der Waals surface area contributed by atoms with Gasteiger partial charge in [0, 0.05) is 58.2 Å². The zero-order valence-electron chi connectivity index (χ0n) is 28.4. The van der Waals surface area contributed by atoms with E-state index < -0.39 is 40.5 Å². The molecule has 8 rings (SSSR count). The van der Waals surface area contributed by atoms with Gasteiger partial charge in [-0.05, 0) is 46.7 Å². The van der Waals surface area contributed by atoms with Crippen molar-refractivity contribution in [3.05, 3.63) is 122 Å². The summed E-state index contributed by atoms with van der Waals surface area (Å²) in [4.78, 5) is 44.1. The van der Waals surface area contributed by atoms with Gasteiger partial charge in [-0.2, -0.15) is 0 Å². The molecule has 1 N–H and O–H groups in total. The number of likely N-dealkylation sites (tertiary alicyclic amines) is 1. The second-order valence-corrected chi connectivity index (χ2v) is 14.4. The molecule has 0 saturated carbocycles. The first-order valence-corrected chi connectivity index (χ1v) is 17.8. The summed E-state index contributed by atoms with van der Waals surface area (Å²) < 4.78 is 35.2. The van der Waals surface area contributed by atoms with Crippen LogP contribution in [0.1, 0.15) is 57.4 Å². The molecule has 266 valence electrons. The quantitative estimate of drug-likeness (QED) is 0.244. The Kier molecular flexibility index (Phi) is 8.28. The van der Waals surface area contributed by atoms with E-state index in [2.05, 4.69) is 34.5 Å². The smallest absolute Gasteiger partial charge is 0.409 e. The molecule has 1 saturated heterocycles. The molecule has 4 heterocycles. The highest BCUT2D eigenvalue weighted by Gasteiger charge is 2.49. The molecule has 2 aromatic heterocycles. The topological polar surface area (TPSA) is 121 Å². The number of carbonyl (C=O) groups is 2. The van der Waals surface area contributed by atoms with E-state index >= 15 is 0 Å². The molecular weight excluding hydrogens is 691 g/mol. The third kappa shape index (κ3) is 5.40. The highest BCUT2D eigenvalue weighted by Crippen LogP contribution is 2.45. The molecule has 14 heteroatoms. The lowest BCUT2D eigenvalue weighted by Gasteiger charge is -2.53. The number of hydrogen-bond donors (Lipinski definition) is 1. The molecule has 1 atom stereocenters. The molecular formula is C38H34F2N6O5S. The Hall–Kier alpha value is -5.63. The molecule has 11 nitrogen and oxygen atoms in total. The van der Waals surface area contributed by atoms with E-state index in [1.54, 1.807) is 19.0 Å². The number of nitrogens with zero attached hydrogens (tertiary/aromatic N) is 6. The molecule has 0 radical (unpaired) electrons. The molecule has 1 aliphatic carbocycles. The number of fused-ring (bicyclic) bond motifs is 4. The first-order chi connectivity index (χ1) is 25.1. The molecule has 5 aromatic rings. The number of benzene rings is 3. The number of amides is 2. The predicted molar refractivity (Wildman–Crippen MR) is 190 cm³/mol. The van der Waals surface area contributed by atoms with Gasteiger partial charge in [-0.3, -0.25) is 19.3 Å². The van der Waals surface area contributed by atoms with Gasteiger partial charge in [0.15, 0.2) is 16.5 Å². The van der Waals surface area contributed by atoms with E-state index in [0.29, 0.717) is 37.4 Å². The van der Waals surface area contributed by atoms with E-state index in [4.69, 9.17) is 4.74 Å². The van der Waals surface area contributed by atoms with Crippen LogP contribution >= 0.6 is 11.3 Å². The number of aromatic hydroxyl groups is 1. The van der Waals surface area contributed by atoms with Gasteiger partial charge in [0.2, 0.25) is 5.43 Å². The fraction of sp³-hybridized carbons (Fsp3) is 0.289. The molecule has 2 aliphatic heterocycles. The summed E-state index contributed by atoms with van der Waals surface area (Å²) in [7, 11) is 3.40. The van der Waals surface area contributed by atoms with Crippen LogP contribution in [-0.4, -0.2) is 81.2 Å². The molecule has 0 bridgehead atoms. The molecule has 2 amide bonds. The van der Waals surface area contributed by atoms with Crippen molar-refractivity contribution < 1.29 is 28.2 Å². The van der Waals surface area contributed by atoms with E-state index in [1.165, 1.54) is 21.8 Å². The standard InChI is InChI=1S/C38H34F2N6O5S/c1-43-36(49)32-34(48)33(47)28(35-42-41-31(52-35)18-22-12-13-23(39)19-30(22)40)20-46(32)44(2)38(43)14-7-16-45(17-15-38)37(50)51-21-29-26-10-5-3-8-24(26)25-9-4-6-11-27(25)29/h3-6,8-13,19-20,29,48H,7,14-18,21H2,1-2H3. The second kappa shape index (κ2) is 12.9. The largest absolute Gasteiger partial charge is 0.502 e. The van der Waals surface area contributed by atoms with Gasteiger partial charge in [0.1, 0.15) is 28.9 Å². The Morgan fingerprint density at radius 2 is 1.67 bits per heavy atom. The Morgan fingerprint density at radius 1 is 0.962 bits per heavy atom. The van der Waals surface area contributed by atoms with E-state index in [-0.39, 0.29) is 40.8 Å². The molecule has 1 fully saturated rings. The van der Waals surface area contributed by atoms with Crippen molar-refractivity contribution in [3.8, 4) is 27.4 Å². The summed E-state index contributed by atoms with van der Waals surface area (Å²) in [5, 5.41) is 21.7. The summed E-state index contributed by atoms with van der Waals surface area (Å²) in [5.41, 5.74) is 2.87. The lowest BCUT2D eigenvalue weighted by molar-refractivity contribution is 0.0329. The summed E-state index contributed by atoms with van der Waals surface area (Å²) in [6.07, 6.45) is 2.47. The number of carbonyl (C=O) groups excluding carboxylic acids is 2. The first-order valence-electron chi connectivity index (χ1n) is 16.9. The van der Waals surface area contributed by atoms with Crippen LogP contribution in [0.4, 0.5) is 13.6 Å². The van der Waals surface area contributed by atoms with E-state index in [0.717, 1.165) is 45.7 Å². The average molecular weight is 725 g/mol. The minimum absolute atomic E-state index is 0.0119. The van der Waals surface area contributed by atoms with Gasteiger partial charge in [-0.15, -0.1) is 10.2 Å². The van der Waals surface area contributed by atoms with Gasteiger partial charge in [-0.25, -0.2) is 13.6 Å². The third-order valence-corrected chi connectivity index (χ3v) is 11.6. The van der Waals surface area contributed by atoms with Crippen LogP contribution in [0.5, 0.6) is 5.75 Å². The number of rotatable bonds is 5. The number of hydrogen-bond acceptors (Lipinski definition) is 9. The first kappa shape index (κ1) is 33.5. The van der Waals surface area contributed by atoms with Crippen LogP contribution in [0.25, 0.3) is 21.7 Å². The second-order valence-electron chi connectivity index (χ2n) is 13.3. The predicted octanol–water partition coefficient (Wildman–Crippen LogP) is 5.73. The van der Waals surface area contributed by atoms with Crippen molar-refractivity contribution in [1.82, 2.24) is 24.7 Å². The van der Waals surface area contributed by atoms with Gasteiger partial charge in [0.25, 0.3) is 5.91 Å². The fourth-order valence-electron chi connectivity index (χ4n) is 7.84. The lowest BCUT2D eigenvalue weighted by Crippen LogP contribution is -2.68. The SMILES string of the molecule is CN1C(=O)c2c(O)c(=O)c(-c3nnc(Cc4ccc(F)cc4F)s3)cn2N(C)C12CCCN(C(=O)OCC1c3ccccc3-c3ccccc31)CC2. The maximum atomic E-state index is 14.3. The molecule has 3 aromatic carbocycles. The number of aromatic nitrogens is 3. The molecule has 1 unspecified atom stereocenters. The van der Waals surface area contributed by atoms with Gasteiger partial charge in [-0.1, -0.05) is 65.9 Å². The average Bonchev–Trinajstić information content (AvgIpc) is 3.66. The summed E-state index contributed by atoms with van der Waals surface area (Å²) in [5.74, 6) is -2.77. The highest BCUT2D eigenvalue weighted by atomic mass is 32.1. The zero-order valence-corrected chi connectivity index (χ0v) is 29.2. The molecule has 1 spiro atoms. The molecule has 52 heavy (non-hydrogen) atoms. The third-order valence-electron chi connectivity index (χ3n) is 10.7. The van der Waals surface area contributed by atoms with Crippen LogP contribution < -0.4 is 10.4 Å². The van der Waals surface area contributed by atoms with Crippen LogP contribution in [0.2, 0.25) is 0 Å². The maximum Gasteiger partial charge on any atom is 0.409 e. The Labute approximate surface area is 301 Å². The summed E-state index contributed by atoms with van der Waals surface area (Å²) in [6, 6.07) is 19.6. The fourth-order valence-corrected chi connectivity index (χ4v) is 8.70. The van der Waals surface area contributed by atoms with Crippen molar-refractivity contribution in [3.63, 3.8) is 0 Å². The molecule has 3 aliphatic rings. The van der Waals surface area contributed by atoms with Gasteiger partial charge < -0.3 is 19.6 Å². The van der Waals surface area contributed by atoms with Crippen molar-refractivity contribution in [2.75, 3.05) is 38.8 Å². The monoisotopic (exact) mass is 724 g/mol. The van der Waals surface area contributed by atoms with Gasteiger partial charge >= 0.3 is 6.09 Å². The minimum atomic E-state index is -0.909. The zero-order chi connectivity index (χ0) is 36.3. The van der Waals surface area contributed by atoms with Crippen LogP contribution in [-0.2, 0) is 11.2 Å². The normalized spacial score (nSPS) is 18.3. The van der Waals surface area contributed by atoms with Crippen LogP contribution in [0.3, 0.4) is 0 Å².